The van der Waals surface area contributed by atoms with Gasteiger partial charge in [0.1, 0.15) is 9.84 Å². The molecule has 1 atom stereocenters. The van der Waals surface area contributed by atoms with E-state index in [1.165, 1.54) is 21.9 Å². The smallest absolute Gasteiger partial charge is 0.243 e. The molecule has 7 nitrogen and oxygen atoms in total. The van der Waals surface area contributed by atoms with Crippen molar-refractivity contribution in [3.8, 4) is 0 Å². The first-order valence-corrected chi connectivity index (χ1v) is 15.2. The van der Waals surface area contributed by atoms with Crippen molar-refractivity contribution in [1.82, 2.24) is 9.29 Å². The Morgan fingerprint density at radius 2 is 1.81 bits per heavy atom. The SMILES string of the molecule is Cc1ccc(C(C)N(C)S(=O)(=O)c2ccc3nc(NCC(C)(C)CS(C)(=O)=O)sc3c2)s1. The second-order valence-corrected chi connectivity index (χ2v) is 15.4. The number of hydrogen-bond acceptors (Lipinski definition) is 8. The number of aromatic nitrogens is 1. The maximum absolute atomic E-state index is 13.2. The number of fused-ring (bicyclic) bond motifs is 1. The van der Waals surface area contributed by atoms with Gasteiger partial charge in [0, 0.05) is 29.6 Å². The zero-order valence-electron chi connectivity index (χ0n) is 19.0. The van der Waals surface area contributed by atoms with Crippen molar-refractivity contribution in [3.05, 3.63) is 40.1 Å². The summed E-state index contributed by atoms with van der Waals surface area (Å²) >= 11 is 2.95. The highest BCUT2D eigenvalue weighted by Gasteiger charge is 2.28. The largest absolute Gasteiger partial charge is 0.361 e. The molecule has 2 heterocycles. The van der Waals surface area contributed by atoms with Gasteiger partial charge in [-0.1, -0.05) is 25.2 Å². The number of sulfone groups is 1. The van der Waals surface area contributed by atoms with E-state index in [0.717, 1.165) is 14.5 Å². The lowest BCUT2D eigenvalue weighted by molar-refractivity contribution is 0.403. The van der Waals surface area contributed by atoms with E-state index in [1.807, 2.05) is 39.8 Å². The van der Waals surface area contributed by atoms with Crippen LogP contribution in [0.4, 0.5) is 5.13 Å². The molecule has 0 amide bonds. The van der Waals surface area contributed by atoms with Crippen molar-refractivity contribution in [1.29, 1.82) is 0 Å². The number of benzene rings is 1. The van der Waals surface area contributed by atoms with Crippen molar-refractivity contribution < 1.29 is 16.8 Å². The predicted octanol–water partition coefficient (Wildman–Crippen LogP) is 4.53. The van der Waals surface area contributed by atoms with Gasteiger partial charge in [0.05, 0.1) is 26.9 Å². The number of thiophene rings is 1. The molecule has 32 heavy (non-hydrogen) atoms. The summed E-state index contributed by atoms with van der Waals surface area (Å²) in [4.78, 5) is 6.88. The molecular weight excluding hydrogens is 487 g/mol. The van der Waals surface area contributed by atoms with Crippen LogP contribution < -0.4 is 5.32 Å². The lowest BCUT2D eigenvalue weighted by Gasteiger charge is -2.23. The fourth-order valence-corrected chi connectivity index (χ4v) is 8.35. The molecule has 0 bridgehead atoms. The summed E-state index contributed by atoms with van der Waals surface area (Å²) in [7, 11) is -5.18. The first-order valence-electron chi connectivity index (χ1n) is 10.0. The molecule has 3 aromatic rings. The van der Waals surface area contributed by atoms with E-state index in [0.29, 0.717) is 17.2 Å². The molecule has 0 radical (unpaired) electrons. The van der Waals surface area contributed by atoms with Crippen LogP contribution in [-0.4, -0.2) is 51.7 Å². The lowest BCUT2D eigenvalue weighted by atomic mass is 9.97. The number of nitrogens with zero attached hydrogens (tertiary/aromatic N) is 2. The van der Waals surface area contributed by atoms with Crippen molar-refractivity contribution in [3.63, 3.8) is 0 Å². The minimum Gasteiger partial charge on any atom is -0.361 e. The molecule has 176 valence electrons. The van der Waals surface area contributed by atoms with Crippen LogP contribution in [0.1, 0.15) is 36.6 Å². The fraction of sp³-hybridized carbons (Fsp3) is 0.476. The number of anilines is 1. The summed E-state index contributed by atoms with van der Waals surface area (Å²) < 4.78 is 51.9. The normalized spacial score (nSPS) is 14.2. The fourth-order valence-electron chi connectivity index (χ4n) is 3.45. The second-order valence-electron chi connectivity index (χ2n) is 8.88. The predicted molar refractivity (Wildman–Crippen MR) is 134 cm³/mol. The van der Waals surface area contributed by atoms with Crippen LogP contribution in [0, 0.1) is 12.3 Å². The van der Waals surface area contributed by atoms with Gasteiger partial charge in [0.25, 0.3) is 0 Å². The summed E-state index contributed by atoms with van der Waals surface area (Å²) in [5.74, 6) is 0.0641. The Balaban J connectivity index is 1.80. The summed E-state index contributed by atoms with van der Waals surface area (Å²) in [6, 6.07) is 8.62. The van der Waals surface area contributed by atoms with Crippen LogP contribution >= 0.6 is 22.7 Å². The van der Waals surface area contributed by atoms with Gasteiger partial charge in [-0.3, -0.25) is 0 Å². The highest BCUT2D eigenvalue weighted by atomic mass is 32.2. The Kier molecular flexibility index (Phi) is 7.07. The second kappa shape index (κ2) is 9.02. The average molecular weight is 516 g/mol. The first-order chi connectivity index (χ1) is 14.7. The van der Waals surface area contributed by atoms with Crippen molar-refractivity contribution in [2.45, 2.75) is 38.6 Å². The molecule has 0 aliphatic rings. The molecule has 11 heteroatoms. The molecule has 0 fully saturated rings. The van der Waals surface area contributed by atoms with Crippen molar-refractivity contribution in [2.24, 2.45) is 5.41 Å². The molecule has 3 rings (SSSR count). The molecule has 1 unspecified atom stereocenters. The van der Waals surface area contributed by atoms with Gasteiger partial charge in [-0.05, 0) is 49.6 Å². The number of sulfonamides is 1. The average Bonchev–Trinajstić information content (AvgIpc) is 3.28. The Labute approximate surface area is 198 Å². The Bertz CT molecular complexity index is 1320. The standard InChI is InChI=1S/C21H29N3O4S4/c1-14-7-10-18(29-14)15(2)24(5)32(27,28)16-8-9-17-19(11-16)30-20(23-17)22-12-21(3,4)13-31(6,25)26/h7-11,15H,12-13H2,1-6H3,(H,22,23). The van der Waals surface area contributed by atoms with Crippen molar-refractivity contribution >= 4 is 57.9 Å². The number of nitrogens with one attached hydrogen (secondary N) is 1. The Morgan fingerprint density at radius 3 is 2.41 bits per heavy atom. The van der Waals surface area contributed by atoms with E-state index in [2.05, 4.69) is 10.3 Å². The van der Waals surface area contributed by atoms with Gasteiger partial charge in [0.15, 0.2) is 5.13 Å². The van der Waals surface area contributed by atoms with Crippen LogP contribution in [-0.2, 0) is 19.9 Å². The summed E-state index contributed by atoms with van der Waals surface area (Å²) in [5.41, 5.74) is 0.237. The molecule has 2 aromatic heterocycles. The van der Waals surface area contributed by atoms with E-state index >= 15 is 0 Å². The summed E-state index contributed by atoms with van der Waals surface area (Å²) in [5, 5.41) is 3.84. The van der Waals surface area contributed by atoms with Crippen LogP contribution in [0.25, 0.3) is 10.2 Å². The number of hydrogen-bond donors (Lipinski definition) is 1. The quantitative estimate of drug-likeness (QED) is 0.450. The molecule has 0 spiro atoms. The number of rotatable bonds is 9. The zero-order chi connectivity index (χ0) is 23.9. The maximum Gasteiger partial charge on any atom is 0.243 e. The van der Waals surface area contributed by atoms with Gasteiger partial charge >= 0.3 is 0 Å². The molecule has 0 aliphatic heterocycles. The van der Waals surface area contributed by atoms with Gasteiger partial charge in [-0.2, -0.15) is 4.31 Å². The van der Waals surface area contributed by atoms with Gasteiger partial charge in [-0.25, -0.2) is 21.8 Å². The molecule has 0 saturated heterocycles. The monoisotopic (exact) mass is 515 g/mol. The third-order valence-corrected chi connectivity index (χ3v) is 10.5. The van der Waals surface area contributed by atoms with Gasteiger partial charge in [-0.15, -0.1) is 11.3 Å². The summed E-state index contributed by atoms with van der Waals surface area (Å²) in [6.07, 6.45) is 1.23. The van der Waals surface area contributed by atoms with E-state index in [4.69, 9.17) is 0 Å². The lowest BCUT2D eigenvalue weighted by Crippen LogP contribution is -2.30. The van der Waals surface area contributed by atoms with Crippen LogP contribution in [0.2, 0.25) is 0 Å². The molecule has 0 aliphatic carbocycles. The molecule has 1 aromatic carbocycles. The third-order valence-electron chi connectivity index (χ3n) is 5.13. The third kappa shape index (κ3) is 5.88. The minimum atomic E-state index is -3.68. The highest BCUT2D eigenvalue weighted by molar-refractivity contribution is 7.90. The van der Waals surface area contributed by atoms with Crippen molar-refractivity contribution in [2.75, 3.05) is 30.9 Å². The topological polar surface area (TPSA) is 96.4 Å². The molecule has 0 saturated carbocycles. The van der Waals surface area contributed by atoms with E-state index < -0.39 is 25.3 Å². The highest BCUT2D eigenvalue weighted by Crippen LogP contribution is 2.33. The maximum atomic E-state index is 13.2. The minimum absolute atomic E-state index is 0.0641. The van der Waals surface area contributed by atoms with E-state index in [9.17, 15) is 16.8 Å². The van der Waals surface area contributed by atoms with E-state index in [1.54, 1.807) is 36.6 Å². The molecule has 1 N–H and O–H groups in total. The van der Waals surface area contributed by atoms with Crippen LogP contribution in [0.15, 0.2) is 35.2 Å². The van der Waals surface area contributed by atoms with Gasteiger partial charge < -0.3 is 5.32 Å². The van der Waals surface area contributed by atoms with Gasteiger partial charge in [0.2, 0.25) is 10.0 Å². The van der Waals surface area contributed by atoms with E-state index in [-0.39, 0.29) is 16.7 Å². The summed E-state index contributed by atoms with van der Waals surface area (Å²) in [6.45, 7) is 8.08. The Morgan fingerprint density at radius 1 is 1.12 bits per heavy atom. The Hall–Kier alpha value is -1.53. The van der Waals surface area contributed by atoms with Crippen LogP contribution in [0.3, 0.4) is 0 Å². The molecular formula is C21H29N3O4S4. The zero-order valence-corrected chi connectivity index (χ0v) is 22.3. The first kappa shape index (κ1) is 25.1. The number of aryl methyl sites for hydroxylation is 1. The van der Waals surface area contributed by atoms with Crippen LogP contribution in [0.5, 0.6) is 0 Å². The number of thiazole rings is 1.